The van der Waals surface area contributed by atoms with Gasteiger partial charge in [0.05, 0.1) is 12.7 Å². The van der Waals surface area contributed by atoms with E-state index in [1.807, 2.05) is 0 Å². The molecule has 0 aliphatic carbocycles. The molecule has 0 aromatic carbocycles. The molecule has 5 N–H and O–H groups in total. The minimum atomic E-state index is -0.460. The van der Waals surface area contributed by atoms with Crippen LogP contribution >= 0.6 is 0 Å². The van der Waals surface area contributed by atoms with E-state index < -0.39 is 6.10 Å². The van der Waals surface area contributed by atoms with Gasteiger partial charge in [-0.3, -0.25) is 0 Å². The van der Waals surface area contributed by atoms with Crippen molar-refractivity contribution in [3.63, 3.8) is 0 Å². The zero-order valence-electron chi connectivity index (χ0n) is 5.83. The predicted octanol–water partition coefficient (Wildman–Crippen LogP) is -1.97. The fraction of sp³-hybridized carbons (Fsp3) is 1.00. The second-order valence-corrected chi connectivity index (χ2v) is 2.75. The van der Waals surface area contributed by atoms with Crippen LogP contribution in [-0.2, 0) is 0 Å². The van der Waals surface area contributed by atoms with Crippen LogP contribution in [0.25, 0.3) is 0 Å². The molecule has 1 aliphatic rings. The van der Waals surface area contributed by atoms with Crippen molar-refractivity contribution in [1.82, 2.24) is 5.32 Å². The molecule has 3 atom stereocenters. The third-order valence-electron chi connectivity index (χ3n) is 1.88. The summed E-state index contributed by atoms with van der Waals surface area (Å²) in [5.74, 6) is 0. The number of hydrogen-bond acceptors (Lipinski definition) is 4. The largest absolute Gasteiger partial charge is 0.395 e. The molecule has 0 bridgehead atoms. The lowest BCUT2D eigenvalue weighted by Gasteiger charge is -2.30. The highest BCUT2D eigenvalue weighted by Crippen LogP contribution is 2.06. The van der Waals surface area contributed by atoms with Crippen molar-refractivity contribution in [2.24, 2.45) is 5.73 Å². The first-order valence-electron chi connectivity index (χ1n) is 3.52. The Labute approximate surface area is 60.0 Å². The van der Waals surface area contributed by atoms with Gasteiger partial charge in [-0.2, -0.15) is 0 Å². The highest BCUT2D eigenvalue weighted by atomic mass is 16.3. The van der Waals surface area contributed by atoms with Crippen molar-refractivity contribution in [3.8, 4) is 0 Å². The molecule has 1 rings (SSSR count). The Morgan fingerprint density at radius 1 is 1.60 bits per heavy atom. The molecule has 0 spiro atoms. The summed E-state index contributed by atoms with van der Waals surface area (Å²) in [7, 11) is 0. The number of rotatable bonds is 1. The maximum absolute atomic E-state index is 9.20. The second kappa shape index (κ2) is 3.30. The van der Waals surface area contributed by atoms with Gasteiger partial charge >= 0.3 is 0 Å². The van der Waals surface area contributed by atoms with E-state index in [2.05, 4.69) is 5.32 Å². The van der Waals surface area contributed by atoms with E-state index in [-0.39, 0.29) is 18.7 Å². The number of aliphatic hydroxyl groups is 2. The smallest absolute Gasteiger partial charge is 0.0719 e. The Morgan fingerprint density at radius 3 is 2.80 bits per heavy atom. The quantitative estimate of drug-likeness (QED) is 0.346. The fourth-order valence-electron chi connectivity index (χ4n) is 1.13. The number of aliphatic hydroxyl groups excluding tert-OH is 2. The molecule has 60 valence electrons. The van der Waals surface area contributed by atoms with E-state index in [0.717, 1.165) is 0 Å². The van der Waals surface area contributed by atoms with Gasteiger partial charge < -0.3 is 21.3 Å². The summed E-state index contributed by atoms with van der Waals surface area (Å²) in [4.78, 5) is 0. The van der Waals surface area contributed by atoms with E-state index >= 15 is 0 Å². The molecule has 1 heterocycles. The Hall–Kier alpha value is -0.160. The first kappa shape index (κ1) is 7.94. The van der Waals surface area contributed by atoms with Crippen LogP contribution in [0.15, 0.2) is 0 Å². The number of hydrogen-bond donors (Lipinski definition) is 4. The monoisotopic (exact) mass is 146 g/mol. The maximum atomic E-state index is 9.20. The van der Waals surface area contributed by atoms with E-state index in [1.165, 1.54) is 0 Å². The van der Waals surface area contributed by atoms with Crippen LogP contribution in [0, 0.1) is 0 Å². The van der Waals surface area contributed by atoms with Crippen LogP contribution in [0.1, 0.15) is 6.42 Å². The van der Waals surface area contributed by atoms with Crippen LogP contribution in [0.2, 0.25) is 0 Å². The zero-order valence-corrected chi connectivity index (χ0v) is 5.83. The van der Waals surface area contributed by atoms with E-state index in [1.54, 1.807) is 0 Å². The van der Waals surface area contributed by atoms with Gasteiger partial charge in [-0.25, -0.2) is 0 Å². The van der Waals surface area contributed by atoms with E-state index in [0.29, 0.717) is 13.0 Å². The summed E-state index contributed by atoms with van der Waals surface area (Å²) in [5.41, 5.74) is 5.50. The molecule has 10 heavy (non-hydrogen) atoms. The third kappa shape index (κ3) is 1.67. The summed E-state index contributed by atoms with van der Waals surface area (Å²) in [6.07, 6.45) is 0.0934. The molecule has 1 saturated heterocycles. The van der Waals surface area contributed by atoms with Crippen LogP contribution in [0.4, 0.5) is 0 Å². The van der Waals surface area contributed by atoms with Gasteiger partial charge in [0.15, 0.2) is 0 Å². The minimum Gasteiger partial charge on any atom is -0.395 e. The van der Waals surface area contributed by atoms with Crippen molar-refractivity contribution >= 4 is 0 Å². The highest BCUT2D eigenvalue weighted by molar-refractivity contribution is 4.85. The molecule has 0 unspecified atom stereocenters. The fourth-order valence-corrected chi connectivity index (χ4v) is 1.13. The SMILES string of the molecule is N[C@@H]1CN[C@H](CO)C[C@@H]1O. The molecular formula is C6H14N2O2. The Kier molecular flexibility index (Phi) is 2.62. The molecule has 0 aromatic rings. The maximum Gasteiger partial charge on any atom is 0.0719 e. The third-order valence-corrected chi connectivity index (χ3v) is 1.88. The lowest BCUT2D eigenvalue weighted by Crippen LogP contribution is -2.54. The van der Waals surface area contributed by atoms with Gasteiger partial charge in [0, 0.05) is 18.6 Å². The molecule has 1 aliphatic heterocycles. The Morgan fingerprint density at radius 2 is 2.30 bits per heavy atom. The molecule has 0 saturated carbocycles. The van der Waals surface area contributed by atoms with E-state index in [9.17, 15) is 5.11 Å². The van der Waals surface area contributed by atoms with Crippen LogP contribution in [0.3, 0.4) is 0 Å². The molecule has 1 fully saturated rings. The van der Waals surface area contributed by atoms with Gasteiger partial charge in [-0.05, 0) is 6.42 Å². The molecule has 4 heteroatoms. The van der Waals surface area contributed by atoms with Gasteiger partial charge in [-0.1, -0.05) is 0 Å². The molecule has 0 radical (unpaired) electrons. The lowest BCUT2D eigenvalue weighted by atomic mass is 9.99. The number of piperidine rings is 1. The molecule has 4 nitrogen and oxygen atoms in total. The first-order chi connectivity index (χ1) is 4.74. The number of nitrogens with two attached hydrogens (primary N) is 1. The van der Waals surface area contributed by atoms with Crippen molar-refractivity contribution in [3.05, 3.63) is 0 Å². The average molecular weight is 146 g/mol. The lowest BCUT2D eigenvalue weighted by molar-refractivity contribution is 0.0785. The molecular weight excluding hydrogens is 132 g/mol. The summed E-state index contributed by atoms with van der Waals surface area (Å²) < 4.78 is 0. The minimum absolute atomic E-state index is 0.0230. The highest BCUT2D eigenvalue weighted by Gasteiger charge is 2.24. The van der Waals surface area contributed by atoms with Gasteiger partial charge in [0.2, 0.25) is 0 Å². The first-order valence-corrected chi connectivity index (χ1v) is 3.52. The molecule has 0 aromatic heterocycles. The van der Waals surface area contributed by atoms with Crippen LogP contribution < -0.4 is 11.1 Å². The van der Waals surface area contributed by atoms with Crippen molar-refractivity contribution in [1.29, 1.82) is 0 Å². The van der Waals surface area contributed by atoms with Crippen molar-refractivity contribution < 1.29 is 10.2 Å². The summed E-state index contributed by atoms with van der Waals surface area (Å²) >= 11 is 0. The second-order valence-electron chi connectivity index (χ2n) is 2.75. The Balaban J connectivity index is 2.33. The van der Waals surface area contributed by atoms with Crippen LogP contribution in [-0.4, -0.2) is 41.6 Å². The van der Waals surface area contributed by atoms with Crippen molar-refractivity contribution in [2.75, 3.05) is 13.2 Å². The topological polar surface area (TPSA) is 78.5 Å². The van der Waals surface area contributed by atoms with Crippen LogP contribution in [0.5, 0.6) is 0 Å². The van der Waals surface area contributed by atoms with Gasteiger partial charge in [0.1, 0.15) is 0 Å². The van der Waals surface area contributed by atoms with Crippen molar-refractivity contribution in [2.45, 2.75) is 24.6 Å². The molecule has 0 amide bonds. The summed E-state index contributed by atoms with van der Waals surface area (Å²) in [5, 5.41) is 20.9. The zero-order chi connectivity index (χ0) is 7.56. The normalized spacial score (nSPS) is 41.7. The van der Waals surface area contributed by atoms with Gasteiger partial charge in [0.25, 0.3) is 0 Å². The summed E-state index contributed by atoms with van der Waals surface area (Å²) in [6.45, 7) is 0.663. The number of nitrogens with one attached hydrogen (secondary N) is 1. The van der Waals surface area contributed by atoms with E-state index in [4.69, 9.17) is 10.8 Å². The predicted molar refractivity (Wildman–Crippen MR) is 37.5 cm³/mol. The van der Waals surface area contributed by atoms with Gasteiger partial charge in [-0.15, -0.1) is 0 Å². The average Bonchev–Trinajstić information content (AvgIpc) is 1.95. The summed E-state index contributed by atoms with van der Waals surface area (Å²) in [6, 6.07) is -0.155. The standard InChI is InChI=1S/C6H14N2O2/c7-5-2-8-4(3-9)1-6(5)10/h4-6,8-10H,1-3,7H2/t4-,5+,6-/m0/s1. The Bertz CT molecular complexity index is 110.